The molecule has 18 heavy (non-hydrogen) atoms. The average molecular weight is 317 g/mol. The van der Waals surface area contributed by atoms with Crippen molar-refractivity contribution in [2.75, 3.05) is 6.61 Å². The molecule has 5 nitrogen and oxygen atoms in total. The standard InChI is InChI=1S/C12H17BrN2O3/c1-12(2,3)18-11(17)15-9(7-16)10-8(13)5-4-6-14-10/h4-6,9,16H,7H2,1-3H3,(H,15,17). The topological polar surface area (TPSA) is 71.5 Å². The van der Waals surface area contributed by atoms with Crippen LogP contribution in [0.2, 0.25) is 0 Å². The maximum Gasteiger partial charge on any atom is 0.408 e. The zero-order chi connectivity index (χ0) is 13.8. The van der Waals surface area contributed by atoms with Gasteiger partial charge in [0.15, 0.2) is 0 Å². The minimum absolute atomic E-state index is 0.255. The Morgan fingerprint density at radius 3 is 2.78 bits per heavy atom. The SMILES string of the molecule is CC(C)(C)OC(=O)NC(CO)c1ncccc1Br. The van der Waals surface area contributed by atoms with Crippen LogP contribution in [0.25, 0.3) is 0 Å². The Hall–Kier alpha value is -1.14. The summed E-state index contributed by atoms with van der Waals surface area (Å²) < 4.78 is 5.85. The molecule has 1 heterocycles. The number of nitrogens with one attached hydrogen (secondary N) is 1. The fourth-order valence-electron chi connectivity index (χ4n) is 1.30. The lowest BCUT2D eigenvalue weighted by molar-refractivity contribution is 0.0480. The van der Waals surface area contributed by atoms with Crippen LogP contribution < -0.4 is 5.32 Å². The number of halogens is 1. The van der Waals surface area contributed by atoms with Gasteiger partial charge in [0.05, 0.1) is 18.3 Å². The van der Waals surface area contributed by atoms with Crippen LogP contribution in [0.4, 0.5) is 4.79 Å². The summed E-state index contributed by atoms with van der Waals surface area (Å²) in [6.45, 7) is 5.07. The van der Waals surface area contributed by atoms with E-state index in [1.165, 1.54) is 0 Å². The first-order valence-corrected chi connectivity index (χ1v) is 6.33. The summed E-state index contributed by atoms with van der Waals surface area (Å²) in [5, 5.41) is 11.9. The second-order valence-electron chi connectivity index (χ2n) is 4.75. The van der Waals surface area contributed by atoms with Crippen molar-refractivity contribution >= 4 is 22.0 Å². The summed E-state index contributed by atoms with van der Waals surface area (Å²) in [5.41, 5.74) is -0.0170. The lowest BCUT2D eigenvalue weighted by Crippen LogP contribution is -2.36. The number of aromatic nitrogens is 1. The smallest absolute Gasteiger partial charge is 0.408 e. The van der Waals surface area contributed by atoms with E-state index in [1.54, 1.807) is 39.1 Å². The molecular weight excluding hydrogens is 300 g/mol. The molecule has 1 aromatic rings. The number of rotatable bonds is 3. The van der Waals surface area contributed by atoms with Gasteiger partial charge in [0, 0.05) is 10.7 Å². The molecule has 0 aliphatic heterocycles. The van der Waals surface area contributed by atoms with Gasteiger partial charge in [0.2, 0.25) is 0 Å². The number of hydrogen-bond donors (Lipinski definition) is 2. The molecule has 1 rings (SSSR count). The van der Waals surface area contributed by atoms with E-state index in [4.69, 9.17) is 4.74 Å². The molecule has 1 atom stereocenters. The van der Waals surface area contributed by atoms with E-state index in [2.05, 4.69) is 26.2 Å². The van der Waals surface area contributed by atoms with Crippen molar-refractivity contribution in [3.05, 3.63) is 28.5 Å². The van der Waals surface area contributed by atoms with Gasteiger partial charge in [-0.2, -0.15) is 0 Å². The van der Waals surface area contributed by atoms with Crippen molar-refractivity contribution < 1.29 is 14.6 Å². The van der Waals surface area contributed by atoms with Gasteiger partial charge < -0.3 is 15.2 Å². The lowest BCUT2D eigenvalue weighted by atomic mass is 10.2. The van der Waals surface area contributed by atoms with Crippen LogP contribution in [0.5, 0.6) is 0 Å². The normalized spacial score (nSPS) is 12.9. The van der Waals surface area contributed by atoms with E-state index >= 15 is 0 Å². The van der Waals surface area contributed by atoms with Gasteiger partial charge in [-0.15, -0.1) is 0 Å². The monoisotopic (exact) mass is 316 g/mol. The maximum absolute atomic E-state index is 11.6. The lowest BCUT2D eigenvalue weighted by Gasteiger charge is -2.22. The second kappa shape index (κ2) is 6.15. The molecule has 1 aromatic heterocycles. The fraction of sp³-hybridized carbons (Fsp3) is 0.500. The third-order valence-corrected chi connectivity index (χ3v) is 2.66. The van der Waals surface area contributed by atoms with Gasteiger partial charge in [0.25, 0.3) is 0 Å². The van der Waals surface area contributed by atoms with Crippen molar-refractivity contribution in [3.8, 4) is 0 Å². The summed E-state index contributed by atoms with van der Waals surface area (Å²) in [7, 11) is 0. The highest BCUT2D eigenvalue weighted by Crippen LogP contribution is 2.20. The third-order valence-electron chi connectivity index (χ3n) is 1.99. The number of aliphatic hydroxyl groups is 1. The minimum atomic E-state index is -0.601. The Morgan fingerprint density at radius 2 is 2.28 bits per heavy atom. The van der Waals surface area contributed by atoms with E-state index in [1.807, 2.05) is 0 Å². The van der Waals surface area contributed by atoms with E-state index in [9.17, 15) is 9.90 Å². The van der Waals surface area contributed by atoms with E-state index < -0.39 is 17.7 Å². The van der Waals surface area contributed by atoms with Crippen molar-refractivity contribution in [1.82, 2.24) is 10.3 Å². The number of pyridine rings is 1. The quantitative estimate of drug-likeness (QED) is 0.898. The van der Waals surface area contributed by atoms with Crippen LogP contribution in [-0.4, -0.2) is 28.4 Å². The summed E-state index contributed by atoms with van der Waals surface area (Å²) >= 11 is 3.32. The molecule has 1 unspecified atom stereocenters. The Morgan fingerprint density at radius 1 is 1.61 bits per heavy atom. The minimum Gasteiger partial charge on any atom is -0.444 e. The summed E-state index contributed by atoms with van der Waals surface area (Å²) in [5.74, 6) is 0. The zero-order valence-corrected chi connectivity index (χ0v) is 12.2. The molecule has 0 fully saturated rings. The molecule has 100 valence electrons. The van der Waals surface area contributed by atoms with E-state index in [0.29, 0.717) is 5.69 Å². The van der Waals surface area contributed by atoms with E-state index in [-0.39, 0.29) is 6.61 Å². The second-order valence-corrected chi connectivity index (χ2v) is 5.61. The molecule has 0 aromatic carbocycles. The number of alkyl carbamates (subject to hydrolysis) is 1. The van der Waals surface area contributed by atoms with Gasteiger partial charge in [-0.25, -0.2) is 4.79 Å². The van der Waals surface area contributed by atoms with E-state index in [0.717, 1.165) is 4.47 Å². The number of hydrogen-bond acceptors (Lipinski definition) is 4. The van der Waals surface area contributed by atoms with Crippen LogP contribution in [0.3, 0.4) is 0 Å². The molecule has 0 radical (unpaired) electrons. The summed E-state index contributed by atoms with van der Waals surface area (Å²) in [6.07, 6.45) is 1.01. The highest BCUT2D eigenvalue weighted by atomic mass is 79.9. The Labute approximate surface area is 115 Å². The molecule has 0 bridgehead atoms. The zero-order valence-electron chi connectivity index (χ0n) is 10.6. The van der Waals surface area contributed by atoms with Crippen molar-refractivity contribution in [3.63, 3.8) is 0 Å². The fourth-order valence-corrected chi connectivity index (χ4v) is 1.84. The van der Waals surface area contributed by atoms with Gasteiger partial charge in [-0.3, -0.25) is 4.98 Å². The number of amides is 1. The molecule has 0 saturated heterocycles. The summed E-state index contributed by atoms with van der Waals surface area (Å²) in [6, 6.07) is 2.95. The Bertz CT molecular complexity index is 418. The van der Waals surface area contributed by atoms with Gasteiger partial charge >= 0.3 is 6.09 Å². The van der Waals surface area contributed by atoms with Gasteiger partial charge in [0.1, 0.15) is 5.60 Å². The number of nitrogens with zero attached hydrogens (tertiary/aromatic N) is 1. The van der Waals surface area contributed by atoms with Crippen LogP contribution in [0.1, 0.15) is 32.5 Å². The first-order chi connectivity index (χ1) is 8.33. The van der Waals surface area contributed by atoms with Crippen molar-refractivity contribution in [2.24, 2.45) is 0 Å². The van der Waals surface area contributed by atoms with Crippen molar-refractivity contribution in [2.45, 2.75) is 32.4 Å². The summed E-state index contributed by atoms with van der Waals surface area (Å²) in [4.78, 5) is 15.7. The number of carbonyl (C=O) groups excluding carboxylic acids is 1. The predicted octanol–water partition coefficient (Wildman–Crippen LogP) is 2.40. The highest BCUT2D eigenvalue weighted by Gasteiger charge is 2.21. The first-order valence-electron chi connectivity index (χ1n) is 5.54. The predicted molar refractivity (Wildman–Crippen MR) is 71.1 cm³/mol. The van der Waals surface area contributed by atoms with Gasteiger partial charge in [-0.1, -0.05) is 0 Å². The first kappa shape index (κ1) is 14.9. The maximum atomic E-state index is 11.6. The van der Waals surface area contributed by atoms with Gasteiger partial charge in [-0.05, 0) is 48.8 Å². The molecule has 2 N–H and O–H groups in total. The largest absolute Gasteiger partial charge is 0.444 e. The average Bonchev–Trinajstić information content (AvgIpc) is 2.24. The van der Waals surface area contributed by atoms with Crippen LogP contribution in [-0.2, 0) is 4.74 Å². The number of carbonyl (C=O) groups is 1. The molecule has 0 aliphatic carbocycles. The molecule has 6 heteroatoms. The van der Waals surface area contributed by atoms with Crippen molar-refractivity contribution in [1.29, 1.82) is 0 Å². The number of aliphatic hydroxyl groups excluding tert-OH is 1. The molecule has 0 aliphatic rings. The van der Waals surface area contributed by atoms with Crippen LogP contribution >= 0.6 is 15.9 Å². The highest BCUT2D eigenvalue weighted by molar-refractivity contribution is 9.10. The van der Waals surface area contributed by atoms with Crippen LogP contribution in [0, 0.1) is 0 Å². The molecule has 1 amide bonds. The Balaban J connectivity index is 2.74. The number of ether oxygens (including phenoxy) is 1. The molecule has 0 spiro atoms. The Kier molecular flexibility index (Phi) is 5.10. The molecule has 0 saturated carbocycles. The third kappa shape index (κ3) is 4.62. The van der Waals surface area contributed by atoms with Crippen LogP contribution in [0.15, 0.2) is 22.8 Å². The molecular formula is C12H17BrN2O3.